The van der Waals surface area contributed by atoms with Crippen LogP contribution in [0.5, 0.6) is 0 Å². The number of dihydropyridines is 2. The third kappa shape index (κ3) is 1.42. The molecule has 12 heavy (non-hydrogen) atoms. The minimum atomic E-state index is 0.319. The molecule has 0 saturated carbocycles. The lowest BCUT2D eigenvalue weighted by atomic mass is 10.1. The Kier molecular flexibility index (Phi) is 1.99. The molecule has 0 spiro atoms. The van der Waals surface area contributed by atoms with Crippen LogP contribution in [-0.4, -0.2) is 12.6 Å². The van der Waals surface area contributed by atoms with Crippen molar-refractivity contribution >= 4 is 0 Å². The summed E-state index contributed by atoms with van der Waals surface area (Å²) in [6.07, 6.45) is 14.4. The van der Waals surface area contributed by atoms with Gasteiger partial charge in [0.1, 0.15) is 0 Å². The number of hydrogen-bond donors (Lipinski definition) is 2. The summed E-state index contributed by atoms with van der Waals surface area (Å²) >= 11 is 0. The largest absolute Gasteiger partial charge is 0.383 e. The topological polar surface area (TPSA) is 24.1 Å². The highest BCUT2D eigenvalue weighted by atomic mass is 15.0. The second-order valence-electron chi connectivity index (χ2n) is 2.82. The van der Waals surface area contributed by atoms with Crippen LogP contribution in [0.2, 0.25) is 0 Å². The zero-order valence-electron chi connectivity index (χ0n) is 6.83. The second kappa shape index (κ2) is 3.30. The molecule has 0 bridgehead atoms. The van der Waals surface area contributed by atoms with Gasteiger partial charge in [0, 0.05) is 12.2 Å². The maximum Gasteiger partial charge on any atom is 0.0842 e. The first-order valence-corrected chi connectivity index (χ1v) is 4.17. The van der Waals surface area contributed by atoms with E-state index in [1.807, 2.05) is 12.3 Å². The van der Waals surface area contributed by atoms with E-state index >= 15 is 0 Å². The van der Waals surface area contributed by atoms with Crippen molar-refractivity contribution in [2.75, 3.05) is 6.54 Å². The van der Waals surface area contributed by atoms with Crippen LogP contribution in [0.1, 0.15) is 0 Å². The van der Waals surface area contributed by atoms with Crippen LogP contribution in [-0.2, 0) is 0 Å². The van der Waals surface area contributed by atoms with E-state index in [2.05, 4.69) is 41.0 Å². The Morgan fingerprint density at radius 1 is 1.25 bits per heavy atom. The zero-order valence-corrected chi connectivity index (χ0v) is 6.83. The SMILES string of the molecule is C1=CCNC(C2C=CC=CN2)=C1. The van der Waals surface area contributed by atoms with Gasteiger partial charge in [0.15, 0.2) is 0 Å². The van der Waals surface area contributed by atoms with Crippen LogP contribution >= 0.6 is 0 Å². The molecule has 0 amide bonds. The van der Waals surface area contributed by atoms with E-state index < -0.39 is 0 Å². The van der Waals surface area contributed by atoms with Gasteiger partial charge in [-0.1, -0.05) is 24.3 Å². The Hall–Kier alpha value is -1.44. The molecule has 1 unspecified atom stereocenters. The molecule has 0 aliphatic carbocycles. The molecule has 2 heterocycles. The van der Waals surface area contributed by atoms with Crippen molar-refractivity contribution in [3.8, 4) is 0 Å². The van der Waals surface area contributed by atoms with Crippen LogP contribution in [0.15, 0.2) is 48.4 Å². The van der Waals surface area contributed by atoms with E-state index in [9.17, 15) is 0 Å². The third-order valence-corrected chi connectivity index (χ3v) is 1.96. The summed E-state index contributed by atoms with van der Waals surface area (Å²) in [5, 5.41) is 6.57. The van der Waals surface area contributed by atoms with Gasteiger partial charge in [-0.3, -0.25) is 0 Å². The van der Waals surface area contributed by atoms with Gasteiger partial charge in [0.05, 0.1) is 6.04 Å². The first-order valence-electron chi connectivity index (χ1n) is 4.17. The highest BCUT2D eigenvalue weighted by Crippen LogP contribution is 2.06. The summed E-state index contributed by atoms with van der Waals surface area (Å²) in [6.45, 7) is 0.932. The highest BCUT2D eigenvalue weighted by molar-refractivity contribution is 5.28. The van der Waals surface area contributed by atoms with Gasteiger partial charge in [-0.15, -0.1) is 0 Å². The van der Waals surface area contributed by atoms with Crippen LogP contribution < -0.4 is 10.6 Å². The maximum atomic E-state index is 3.32. The fourth-order valence-corrected chi connectivity index (χ4v) is 1.33. The van der Waals surface area contributed by atoms with E-state index in [0.717, 1.165) is 6.54 Å². The molecule has 62 valence electrons. The van der Waals surface area contributed by atoms with E-state index in [-0.39, 0.29) is 0 Å². The first-order chi connectivity index (χ1) is 5.97. The Morgan fingerprint density at radius 2 is 2.25 bits per heavy atom. The lowest BCUT2D eigenvalue weighted by Crippen LogP contribution is -2.34. The summed E-state index contributed by atoms with van der Waals surface area (Å²) in [4.78, 5) is 0. The van der Waals surface area contributed by atoms with Crippen LogP contribution in [0, 0.1) is 0 Å². The lowest BCUT2D eigenvalue weighted by Gasteiger charge is -2.21. The number of hydrogen-bond acceptors (Lipinski definition) is 2. The van der Waals surface area contributed by atoms with Crippen molar-refractivity contribution < 1.29 is 0 Å². The molecule has 2 nitrogen and oxygen atoms in total. The average Bonchev–Trinajstić information content (AvgIpc) is 2.21. The zero-order chi connectivity index (χ0) is 8.23. The highest BCUT2D eigenvalue weighted by Gasteiger charge is 2.09. The summed E-state index contributed by atoms with van der Waals surface area (Å²) in [5.41, 5.74) is 1.23. The number of rotatable bonds is 1. The maximum absolute atomic E-state index is 3.32. The molecule has 2 N–H and O–H groups in total. The molecule has 2 aliphatic heterocycles. The Labute approximate surface area is 72.4 Å². The predicted molar refractivity (Wildman–Crippen MR) is 50.4 cm³/mol. The third-order valence-electron chi connectivity index (χ3n) is 1.96. The summed E-state index contributed by atoms with van der Waals surface area (Å²) in [5.74, 6) is 0. The van der Waals surface area contributed by atoms with Crippen LogP contribution in [0.25, 0.3) is 0 Å². The molecule has 2 rings (SSSR count). The van der Waals surface area contributed by atoms with Gasteiger partial charge in [-0.25, -0.2) is 0 Å². The molecule has 0 radical (unpaired) electrons. The van der Waals surface area contributed by atoms with Gasteiger partial charge in [-0.05, 0) is 18.4 Å². The summed E-state index contributed by atoms with van der Waals surface area (Å²) in [7, 11) is 0. The van der Waals surface area contributed by atoms with Crippen LogP contribution in [0.4, 0.5) is 0 Å². The first kappa shape index (κ1) is 7.22. The average molecular weight is 160 g/mol. The minimum Gasteiger partial charge on any atom is -0.383 e. The van der Waals surface area contributed by atoms with Gasteiger partial charge < -0.3 is 10.6 Å². The van der Waals surface area contributed by atoms with Gasteiger partial charge in [-0.2, -0.15) is 0 Å². The van der Waals surface area contributed by atoms with Crippen molar-refractivity contribution in [2.45, 2.75) is 6.04 Å². The monoisotopic (exact) mass is 160 g/mol. The quantitative estimate of drug-likeness (QED) is 0.599. The van der Waals surface area contributed by atoms with Gasteiger partial charge >= 0.3 is 0 Å². The second-order valence-corrected chi connectivity index (χ2v) is 2.82. The minimum absolute atomic E-state index is 0.319. The van der Waals surface area contributed by atoms with Gasteiger partial charge in [0.25, 0.3) is 0 Å². The molecule has 2 aliphatic rings. The fourth-order valence-electron chi connectivity index (χ4n) is 1.33. The molecule has 1 atom stereocenters. The Balaban J connectivity index is 2.09. The van der Waals surface area contributed by atoms with Crippen molar-refractivity contribution in [3.63, 3.8) is 0 Å². The molecular weight excluding hydrogens is 148 g/mol. The van der Waals surface area contributed by atoms with E-state index in [4.69, 9.17) is 0 Å². The molecule has 0 aromatic carbocycles. The van der Waals surface area contributed by atoms with Crippen molar-refractivity contribution in [1.82, 2.24) is 10.6 Å². The summed E-state index contributed by atoms with van der Waals surface area (Å²) in [6, 6.07) is 0.319. The molecule has 0 aromatic heterocycles. The number of allylic oxidation sites excluding steroid dienone is 4. The Bertz CT molecular complexity index is 272. The molecule has 0 fully saturated rings. The molecule has 2 heteroatoms. The summed E-state index contributed by atoms with van der Waals surface area (Å²) < 4.78 is 0. The van der Waals surface area contributed by atoms with E-state index in [1.165, 1.54) is 5.70 Å². The van der Waals surface area contributed by atoms with E-state index in [0.29, 0.717) is 6.04 Å². The van der Waals surface area contributed by atoms with Gasteiger partial charge in [0.2, 0.25) is 0 Å². The van der Waals surface area contributed by atoms with Crippen molar-refractivity contribution in [1.29, 1.82) is 0 Å². The van der Waals surface area contributed by atoms with Crippen molar-refractivity contribution in [2.24, 2.45) is 0 Å². The van der Waals surface area contributed by atoms with Crippen LogP contribution in [0.3, 0.4) is 0 Å². The lowest BCUT2D eigenvalue weighted by molar-refractivity contribution is 0.703. The molecule has 0 saturated heterocycles. The smallest absolute Gasteiger partial charge is 0.0842 e. The predicted octanol–water partition coefficient (Wildman–Crippen LogP) is 1.07. The Morgan fingerprint density at radius 3 is 2.92 bits per heavy atom. The van der Waals surface area contributed by atoms with Crippen molar-refractivity contribution in [3.05, 3.63) is 48.4 Å². The normalized spacial score (nSPS) is 26.0. The molecular formula is C10H12N2. The standard InChI is InChI=1S/C10H12N2/c1-3-7-11-9(5-1)10-6-2-4-8-12-10/h1-7,9,11-12H,8H2. The number of nitrogens with one attached hydrogen (secondary N) is 2. The van der Waals surface area contributed by atoms with E-state index in [1.54, 1.807) is 0 Å². The molecule has 0 aromatic rings. The fraction of sp³-hybridized carbons (Fsp3) is 0.200.